The lowest BCUT2D eigenvalue weighted by Crippen LogP contribution is -2.24. The second-order valence-corrected chi connectivity index (χ2v) is 6.72. The number of para-hydroxylation sites is 2. The Hall–Kier alpha value is -3.64. The molecule has 0 saturated carbocycles. The third-order valence-corrected chi connectivity index (χ3v) is 4.35. The highest BCUT2D eigenvalue weighted by Gasteiger charge is 2.10. The van der Waals surface area contributed by atoms with E-state index in [1.807, 2.05) is 54.6 Å². The number of nitrogens with zero attached hydrogens (tertiary/aromatic N) is 1. The van der Waals surface area contributed by atoms with Crippen LogP contribution < -0.4 is 15.5 Å². The van der Waals surface area contributed by atoms with Crippen molar-refractivity contribution in [2.75, 3.05) is 5.32 Å². The molecule has 0 aliphatic rings. The molecule has 0 radical (unpaired) electrons. The number of rotatable bonds is 8. The lowest BCUT2D eigenvalue weighted by molar-refractivity contribution is -0.126. The predicted molar refractivity (Wildman–Crippen MR) is 118 cm³/mol. The van der Waals surface area contributed by atoms with E-state index in [4.69, 9.17) is 16.3 Å². The van der Waals surface area contributed by atoms with Crippen LogP contribution in [0.15, 0.2) is 84.0 Å². The first-order valence-electron chi connectivity index (χ1n) is 9.24. The number of carbonyl (C=O) groups is 2. The lowest BCUT2D eigenvalue weighted by atomic mass is 10.2. The number of amides is 2. The van der Waals surface area contributed by atoms with Crippen LogP contribution in [0.4, 0.5) is 5.69 Å². The molecule has 152 valence electrons. The van der Waals surface area contributed by atoms with E-state index in [0.717, 1.165) is 5.56 Å². The largest absolute Gasteiger partial charge is 0.488 e. The smallest absolute Gasteiger partial charge is 0.249 e. The fourth-order valence-electron chi connectivity index (χ4n) is 2.57. The second kappa shape index (κ2) is 10.8. The van der Waals surface area contributed by atoms with Crippen molar-refractivity contribution < 1.29 is 14.3 Å². The molecule has 6 nitrogen and oxygen atoms in total. The molecule has 3 rings (SSSR count). The Labute approximate surface area is 179 Å². The Morgan fingerprint density at radius 1 is 0.900 bits per heavy atom. The summed E-state index contributed by atoms with van der Waals surface area (Å²) in [5.74, 6) is -0.392. The quantitative estimate of drug-likeness (QED) is 0.321. The Bertz CT molecular complexity index is 1040. The SMILES string of the molecule is O=C(CC(=O)Nc1ccccc1Cl)NN=Cc1ccccc1OCc1ccccc1. The molecule has 0 fully saturated rings. The molecule has 0 aromatic heterocycles. The topological polar surface area (TPSA) is 79.8 Å². The van der Waals surface area contributed by atoms with Crippen molar-refractivity contribution in [3.8, 4) is 5.75 Å². The summed E-state index contributed by atoms with van der Waals surface area (Å²) in [5.41, 5.74) is 4.54. The second-order valence-electron chi connectivity index (χ2n) is 6.31. The average Bonchev–Trinajstić information content (AvgIpc) is 2.75. The minimum Gasteiger partial charge on any atom is -0.488 e. The number of nitrogens with one attached hydrogen (secondary N) is 2. The summed E-state index contributed by atoms with van der Waals surface area (Å²) in [5, 5.41) is 6.91. The van der Waals surface area contributed by atoms with Crippen LogP contribution >= 0.6 is 11.6 Å². The van der Waals surface area contributed by atoms with Crippen molar-refractivity contribution in [3.63, 3.8) is 0 Å². The molecule has 0 atom stereocenters. The molecular weight excluding hydrogens is 402 g/mol. The van der Waals surface area contributed by atoms with Gasteiger partial charge >= 0.3 is 0 Å². The van der Waals surface area contributed by atoms with E-state index in [9.17, 15) is 9.59 Å². The molecule has 0 unspecified atom stereocenters. The number of hydrazone groups is 1. The molecule has 7 heteroatoms. The number of hydrogen-bond donors (Lipinski definition) is 2. The van der Waals surface area contributed by atoms with Crippen LogP contribution in [-0.4, -0.2) is 18.0 Å². The maximum absolute atomic E-state index is 12.0. The zero-order valence-corrected chi connectivity index (χ0v) is 16.8. The van der Waals surface area contributed by atoms with Crippen LogP contribution in [0.5, 0.6) is 5.75 Å². The summed E-state index contributed by atoms with van der Waals surface area (Å²) in [6.45, 7) is 0.417. The Kier molecular flexibility index (Phi) is 7.58. The van der Waals surface area contributed by atoms with Gasteiger partial charge in [-0.2, -0.15) is 5.10 Å². The predicted octanol–water partition coefficient (Wildman–Crippen LogP) is 4.40. The van der Waals surface area contributed by atoms with Gasteiger partial charge in [-0.1, -0.05) is 66.2 Å². The van der Waals surface area contributed by atoms with E-state index in [1.165, 1.54) is 6.21 Å². The van der Waals surface area contributed by atoms with Crippen LogP contribution in [0.2, 0.25) is 5.02 Å². The average molecular weight is 422 g/mol. The fraction of sp³-hybridized carbons (Fsp3) is 0.0870. The van der Waals surface area contributed by atoms with Gasteiger partial charge in [0.25, 0.3) is 0 Å². The normalized spacial score (nSPS) is 10.6. The van der Waals surface area contributed by atoms with Gasteiger partial charge in [0.05, 0.1) is 16.9 Å². The number of anilines is 1. The monoisotopic (exact) mass is 421 g/mol. The minimum absolute atomic E-state index is 0.380. The molecule has 3 aromatic carbocycles. The van der Waals surface area contributed by atoms with E-state index in [1.54, 1.807) is 24.3 Å². The molecule has 3 aromatic rings. The first-order chi connectivity index (χ1) is 14.6. The third-order valence-electron chi connectivity index (χ3n) is 4.02. The van der Waals surface area contributed by atoms with Crippen LogP contribution in [0, 0.1) is 0 Å². The van der Waals surface area contributed by atoms with Crippen molar-refractivity contribution in [2.45, 2.75) is 13.0 Å². The van der Waals surface area contributed by atoms with Gasteiger partial charge in [-0.15, -0.1) is 0 Å². The van der Waals surface area contributed by atoms with Gasteiger partial charge in [-0.25, -0.2) is 5.43 Å². The maximum Gasteiger partial charge on any atom is 0.249 e. The third kappa shape index (κ3) is 6.46. The maximum atomic E-state index is 12.0. The molecule has 0 bridgehead atoms. The Morgan fingerprint density at radius 2 is 1.60 bits per heavy atom. The molecule has 0 aliphatic carbocycles. The highest BCUT2D eigenvalue weighted by Crippen LogP contribution is 2.20. The van der Waals surface area contributed by atoms with Crippen molar-refractivity contribution in [3.05, 3.63) is 95.0 Å². The zero-order valence-electron chi connectivity index (χ0n) is 16.0. The summed E-state index contributed by atoms with van der Waals surface area (Å²) in [6, 6.07) is 23.9. The first kappa shape index (κ1) is 21.1. The van der Waals surface area contributed by atoms with Gasteiger partial charge in [-0.3, -0.25) is 9.59 Å². The molecule has 0 heterocycles. The van der Waals surface area contributed by atoms with Gasteiger partial charge in [-0.05, 0) is 29.8 Å². The minimum atomic E-state index is -0.543. The molecule has 0 aliphatic heterocycles. The fourth-order valence-corrected chi connectivity index (χ4v) is 2.75. The van der Waals surface area contributed by atoms with Gasteiger partial charge in [0.2, 0.25) is 11.8 Å². The lowest BCUT2D eigenvalue weighted by Gasteiger charge is -2.09. The summed E-state index contributed by atoms with van der Waals surface area (Å²) in [4.78, 5) is 23.9. The molecule has 30 heavy (non-hydrogen) atoms. The van der Waals surface area contributed by atoms with E-state index >= 15 is 0 Å². The molecule has 0 spiro atoms. The van der Waals surface area contributed by atoms with Gasteiger partial charge in [0, 0.05) is 5.56 Å². The molecule has 0 saturated heterocycles. The highest BCUT2D eigenvalue weighted by atomic mass is 35.5. The van der Waals surface area contributed by atoms with Crippen molar-refractivity contribution in [1.29, 1.82) is 0 Å². The van der Waals surface area contributed by atoms with Crippen LogP contribution in [0.25, 0.3) is 0 Å². The van der Waals surface area contributed by atoms with Crippen LogP contribution in [0.3, 0.4) is 0 Å². The number of hydrogen-bond acceptors (Lipinski definition) is 4. The molecule has 2 N–H and O–H groups in total. The van der Waals surface area contributed by atoms with E-state index in [-0.39, 0.29) is 6.42 Å². The molecule has 2 amide bonds. The van der Waals surface area contributed by atoms with Crippen molar-refractivity contribution in [2.24, 2.45) is 5.10 Å². The summed E-state index contributed by atoms with van der Waals surface area (Å²) >= 11 is 5.99. The van der Waals surface area contributed by atoms with Crippen molar-refractivity contribution >= 4 is 35.3 Å². The number of carbonyl (C=O) groups excluding carboxylic acids is 2. The highest BCUT2D eigenvalue weighted by molar-refractivity contribution is 6.33. The Morgan fingerprint density at radius 3 is 2.40 bits per heavy atom. The van der Waals surface area contributed by atoms with Gasteiger partial charge < -0.3 is 10.1 Å². The Balaban J connectivity index is 1.51. The summed E-state index contributed by atoms with van der Waals surface area (Å²) in [6.07, 6.45) is 1.10. The van der Waals surface area contributed by atoms with Crippen LogP contribution in [-0.2, 0) is 16.2 Å². The van der Waals surface area contributed by atoms with Crippen LogP contribution in [0.1, 0.15) is 17.5 Å². The zero-order chi connectivity index (χ0) is 21.2. The number of halogens is 1. The molecular formula is C23H20ClN3O3. The van der Waals surface area contributed by atoms with Gasteiger partial charge in [0.1, 0.15) is 18.8 Å². The summed E-state index contributed by atoms with van der Waals surface area (Å²) < 4.78 is 5.84. The number of benzene rings is 3. The van der Waals surface area contributed by atoms with Crippen molar-refractivity contribution in [1.82, 2.24) is 5.43 Å². The van der Waals surface area contributed by atoms with Gasteiger partial charge in [0.15, 0.2) is 0 Å². The first-order valence-corrected chi connectivity index (χ1v) is 9.61. The summed E-state index contributed by atoms with van der Waals surface area (Å²) in [7, 11) is 0. The number of ether oxygens (including phenoxy) is 1. The standard InChI is InChI=1S/C23H20ClN3O3/c24-19-11-5-6-12-20(19)26-22(28)14-23(29)27-25-15-18-10-4-7-13-21(18)30-16-17-8-2-1-3-9-17/h1-13,15H,14,16H2,(H,26,28)(H,27,29). The van der Waals surface area contributed by atoms with E-state index < -0.39 is 11.8 Å². The van der Waals surface area contributed by atoms with E-state index in [2.05, 4.69) is 15.8 Å². The van der Waals surface area contributed by atoms with E-state index in [0.29, 0.717) is 28.6 Å².